The van der Waals surface area contributed by atoms with E-state index >= 15 is 0 Å². The number of fused-ring (bicyclic) bond motifs is 1. The summed E-state index contributed by atoms with van der Waals surface area (Å²) in [6, 6.07) is 10.5. The Labute approximate surface area is 235 Å². The molecular formula is C27H31F2N9O3. The van der Waals surface area contributed by atoms with Gasteiger partial charge in [0.1, 0.15) is 0 Å². The Hall–Kier alpha value is -4.01. The minimum absolute atomic E-state index is 0.0428. The van der Waals surface area contributed by atoms with E-state index in [4.69, 9.17) is 14.2 Å². The number of benzene rings is 1. The minimum atomic E-state index is -2.83. The van der Waals surface area contributed by atoms with E-state index in [9.17, 15) is 8.78 Å². The Kier molecular flexibility index (Phi) is 8.39. The molecule has 12 nitrogen and oxygen atoms in total. The number of aromatic nitrogens is 6. The van der Waals surface area contributed by atoms with Crippen LogP contribution in [0.2, 0.25) is 0 Å². The molecule has 0 atom stereocenters. The third kappa shape index (κ3) is 6.50. The van der Waals surface area contributed by atoms with Gasteiger partial charge in [-0.15, -0.1) is 0 Å². The molecule has 0 bridgehead atoms. The van der Waals surface area contributed by atoms with E-state index in [2.05, 4.69) is 35.1 Å². The van der Waals surface area contributed by atoms with Crippen molar-refractivity contribution in [2.45, 2.75) is 12.8 Å². The molecule has 2 saturated heterocycles. The van der Waals surface area contributed by atoms with Crippen LogP contribution in [0.25, 0.3) is 17.0 Å². The zero-order valence-corrected chi connectivity index (χ0v) is 22.5. The Balaban J connectivity index is 1.22. The smallest absolute Gasteiger partial charge is 0.296 e. The van der Waals surface area contributed by atoms with Crippen molar-refractivity contribution in [2.75, 3.05) is 76.0 Å². The summed E-state index contributed by atoms with van der Waals surface area (Å²) >= 11 is 0. The molecule has 1 aromatic carbocycles. The maximum Gasteiger partial charge on any atom is 0.296 e. The van der Waals surface area contributed by atoms with Crippen molar-refractivity contribution >= 4 is 28.6 Å². The molecule has 2 fully saturated rings. The van der Waals surface area contributed by atoms with Crippen molar-refractivity contribution < 1.29 is 23.0 Å². The second kappa shape index (κ2) is 12.7. The SMILES string of the molecule is FC(F)c1nc2ccccc2n1-c1nc(Nc2ccc(OCCCN3CCOCC3)nc2)nc(N2CCOCC2)n1. The highest BCUT2D eigenvalue weighted by Gasteiger charge is 2.24. The van der Waals surface area contributed by atoms with Gasteiger partial charge < -0.3 is 24.4 Å². The van der Waals surface area contributed by atoms with E-state index in [1.54, 1.807) is 42.6 Å². The van der Waals surface area contributed by atoms with Crippen LogP contribution >= 0.6 is 0 Å². The first-order valence-electron chi connectivity index (χ1n) is 13.6. The van der Waals surface area contributed by atoms with Gasteiger partial charge in [-0.1, -0.05) is 12.1 Å². The van der Waals surface area contributed by atoms with Gasteiger partial charge in [-0.2, -0.15) is 15.0 Å². The largest absolute Gasteiger partial charge is 0.478 e. The normalized spacial score (nSPS) is 16.4. The molecule has 2 aliphatic heterocycles. The highest BCUT2D eigenvalue weighted by atomic mass is 19.3. The molecule has 14 heteroatoms. The molecule has 0 aliphatic carbocycles. The summed E-state index contributed by atoms with van der Waals surface area (Å²) in [7, 11) is 0. The minimum Gasteiger partial charge on any atom is -0.478 e. The van der Waals surface area contributed by atoms with Gasteiger partial charge in [0.25, 0.3) is 6.43 Å². The van der Waals surface area contributed by atoms with Crippen LogP contribution in [0.4, 0.5) is 26.4 Å². The molecule has 0 unspecified atom stereocenters. The highest BCUT2D eigenvalue weighted by Crippen LogP contribution is 2.28. The predicted octanol–water partition coefficient (Wildman–Crippen LogP) is 3.22. The van der Waals surface area contributed by atoms with Gasteiger partial charge in [0.15, 0.2) is 5.82 Å². The molecule has 216 valence electrons. The van der Waals surface area contributed by atoms with Crippen molar-refractivity contribution in [3.63, 3.8) is 0 Å². The van der Waals surface area contributed by atoms with E-state index in [-0.39, 0.29) is 11.9 Å². The summed E-state index contributed by atoms with van der Waals surface area (Å²) in [5.74, 6) is 0.658. The van der Waals surface area contributed by atoms with E-state index in [0.29, 0.717) is 61.5 Å². The molecule has 0 spiro atoms. The van der Waals surface area contributed by atoms with Gasteiger partial charge in [0.05, 0.1) is 56.0 Å². The quantitative estimate of drug-likeness (QED) is 0.285. The van der Waals surface area contributed by atoms with Crippen molar-refractivity contribution in [3.05, 3.63) is 48.4 Å². The summed E-state index contributed by atoms with van der Waals surface area (Å²) in [5, 5.41) is 3.14. The number of para-hydroxylation sites is 2. The predicted molar refractivity (Wildman–Crippen MR) is 147 cm³/mol. The summed E-state index contributed by atoms with van der Waals surface area (Å²) in [6.45, 7) is 7.12. The molecule has 4 aromatic rings. The second-order valence-electron chi connectivity index (χ2n) is 9.62. The maximum absolute atomic E-state index is 14.1. The number of imidazole rings is 1. The number of alkyl halides is 2. The van der Waals surface area contributed by atoms with Crippen molar-refractivity contribution in [3.8, 4) is 11.8 Å². The molecule has 41 heavy (non-hydrogen) atoms. The van der Waals surface area contributed by atoms with Crippen LogP contribution in [-0.2, 0) is 9.47 Å². The second-order valence-corrected chi connectivity index (χ2v) is 9.62. The molecule has 6 rings (SSSR count). The van der Waals surface area contributed by atoms with Crippen molar-refractivity contribution in [2.24, 2.45) is 0 Å². The van der Waals surface area contributed by atoms with Gasteiger partial charge in [-0.05, 0) is 24.6 Å². The first-order chi connectivity index (χ1) is 20.1. The molecule has 0 amide bonds. The lowest BCUT2D eigenvalue weighted by molar-refractivity contribution is 0.0357. The average Bonchev–Trinajstić information content (AvgIpc) is 3.41. The van der Waals surface area contributed by atoms with Crippen molar-refractivity contribution in [1.82, 2.24) is 34.4 Å². The number of rotatable bonds is 10. The number of nitrogens with one attached hydrogen (secondary N) is 1. The molecule has 1 N–H and O–H groups in total. The first kappa shape index (κ1) is 27.2. The lowest BCUT2D eigenvalue weighted by Crippen LogP contribution is -2.37. The molecule has 3 aromatic heterocycles. The lowest BCUT2D eigenvalue weighted by Gasteiger charge is -2.27. The number of hydrogen-bond donors (Lipinski definition) is 1. The van der Waals surface area contributed by atoms with Crippen LogP contribution in [0.3, 0.4) is 0 Å². The fourth-order valence-electron chi connectivity index (χ4n) is 4.77. The monoisotopic (exact) mass is 567 g/mol. The first-order valence-corrected chi connectivity index (χ1v) is 13.6. The van der Waals surface area contributed by atoms with Crippen LogP contribution in [0.15, 0.2) is 42.6 Å². The zero-order valence-electron chi connectivity index (χ0n) is 22.5. The summed E-state index contributed by atoms with van der Waals surface area (Å²) < 4.78 is 46.1. The Morgan fingerprint density at radius 1 is 0.878 bits per heavy atom. The molecule has 2 aliphatic rings. The molecular weight excluding hydrogens is 536 g/mol. The number of nitrogens with zero attached hydrogens (tertiary/aromatic N) is 8. The number of pyridine rings is 1. The van der Waals surface area contributed by atoms with Gasteiger partial charge in [0, 0.05) is 38.8 Å². The molecule has 5 heterocycles. The topological polar surface area (TPSA) is 116 Å². The van der Waals surface area contributed by atoms with Crippen LogP contribution in [-0.4, -0.2) is 100 Å². The zero-order chi connectivity index (χ0) is 28.0. The maximum atomic E-state index is 14.1. The van der Waals surface area contributed by atoms with E-state index in [0.717, 1.165) is 39.3 Å². The standard InChI is InChI=1S/C27H31F2N9O3/c28-23(29)24-32-20-4-1-2-5-21(20)38(24)27-34-25(33-26(35-27)37-11-16-40-17-12-37)31-19-6-7-22(30-18-19)41-13-3-8-36-9-14-39-15-10-36/h1-2,4-7,18,23H,3,8-17H2,(H,31,33,34,35). The van der Waals surface area contributed by atoms with Gasteiger partial charge in [-0.25, -0.2) is 18.7 Å². The van der Waals surface area contributed by atoms with Gasteiger partial charge in [-0.3, -0.25) is 9.47 Å². The number of anilines is 3. The number of morpholine rings is 2. The Morgan fingerprint density at radius 2 is 1.63 bits per heavy atom. The van der Waals surface area contributed by atoms with Crippen LogP contribution in [0.5, 0.6) is 5.88 Å². The fraction of sp³-hybridized carbons (Fsp3) is 0.444. The van der Waals surface area contributed by atoms with Crippen molar-refractivity contribution in [1.29, 1.82) is 0 Å². The number of hydrogen-bond acceptors (Lipinski definition) is 11. The average molecular weight is 568 g/mol. The third-order valence-corrected chi connectivity index (χ3v) is 6.85. The Bertz CT molecular complexity index is 1440. The summed E-state index contributed by atoms with van der Waals surface area (Å²) in [6.07, 6.45) is -0.316. The lowest BCUT2D eigenvalue weighted by atomic mass is 10.3. The highest BCUT2D eigenvalue weighted by molar-refractivity contribution is 5.77. The van der Waals surface area contributed by atoms with E-state index in [1.165, 1.54) is 4.57 Å². The van der Waals surface area contributed by atoms with E-state index in [1.807, 2.05) is 4.90 Å². The van der Waals surface area contributed by atoms with Crippen LogP contribution < -0.4 is 15.0 Å². The summed E-state index contributed by atoms with van der Waals surface area (Å²) in [4.78, 5) is 26.5. The number of ether oxygens (including phenoxy) is 3. The van der Waals surface area contributed by atoms with Crippen LogP contribution in [0, 0.1) is 0 Å². The molecule has 0 saturated carbocycles. The summed E-state index contributed by atoms with van der Waals surface area (Å²) in [5.41, 5.74) is 1.51. The Morgan fingerprint density at radius 3 is 2.39 bits per heavy atom. The van der Waals surface area contributed by atoms with Gasteiger partial charge in [0.2, 0.25) is 23.7 Å². The fourth-order valence-corrected chi connectivity index (χ4v) is 4.77. The third-order valence-electron chi connectivity index (χ3n) is 6.85. The number of halogens is 2. The van der Waals surface area contributed by atoms with Gasteiger partial charge >= 0.3 is 0 Å². The van der Waals surface area contributed by atoms with E-state index < -0.39 is 12.2 Å². The molecule has 0 radical (unpaired) electrons. The van der Waals surface area contributed by atoms with Crippen LogP contribution in [0.1, 0.15) is 18.7 Å².